The van der Waals surface area contributed by atoms with Gasteiger partial charge in [0.1, 0.15) is 0 Å². The number of halogens is 2. The van der Waals surface area contributed by atoms with Crippen molar-refractivity contribution in [1.29, 1.82) is 0 Å². The molecule has 0 aliphatic heterocycles. The van der Waals surface area contributed by atoms with Gasteiger partial charge in [0.15, 0.2) is 11.6 Å². The molecule has 2 rings (SSSR count). The van der Waals surface area contributed by atoms with Crippen molar-refractivity contribution in [2.45, 2.75) is 19.4 Å². The molecule has 2 aromatic rings. The van der Waals surface area contributed by atoms with Crippen molar-refractivity contribution in [2.24, 2.45) is 0 Å². The first-order chi connectivity index (χ1) is 11.5. The highest BCUT2D eigenvalue weighted by Gasteiger charge is 2.17. The van der Waals surface area contributed by atoms with Gasteiger partial charge in [-0.1, -0.05) is 6.92 Å². The standard InChI is InChI=1S/C16H16F2N4O2/c1-2-10(22-16(24)12-4-6-20-9-14(12)18)7-21-15(23)11-3-5-19-8-13(11)17/h3-6,8-10H,2,7H2,1H3,(H,21,23)(H,22,24). The molecule has 0 spiro atoms. The molecule has 2 aromatic heterocycles. The van der Waals surface area contributed by atoms with Gasteiger partial charge in [0.25, 0.3) is 11.8 Å². The van der Waals surface area contributed by atoms with E-state index in [9.17, 15) is 18.4 Å². The Morgan fingerprint density at radius 2 is 1.58 bits per heavy atom. The van der Waals surface area contributed by atoms with Crippen molar-refractivity contribution in [3.05, 3.63) is 59.7 Å². The normalized spacial score (nSPS) is 11.6. The average molecular weight is 334 g/mol. The van der Waals surface area contributed by atoms with Crippen molar-refractivity contribution in [3.8, 4) is 0 Å². The molecule has 0 bridgehead atoms. The fraction of sp³-hybridized carbons (Fsp3) is 0.250. The number of carbonyl (C=O) groups is 2. The topological polar surface area (TPSA) is 84.0 Å². The molecule has 0 saturated heterocycles. The molecule has 0 aromatic carbocycles. The first kappa shape index (κ1) is 17.5. The van der Waals surface area contributed by atoms with Crippen LogP contribution >= 0.6 is 0 Å². The Labute approximate surface area is 137 Å². The zero-order valence-corrected chi connectivity index (χ0v) is 12.9. The van der Waals surface area contributed by atoms with E-state index in [-0.39, 0.29) is 17.7 Å². The summed E-state index contributed by atoms with van der Waals surface area (Å²) in [6, 6.07) is 2.10. The van der Waals surface area contributed by atoms with E-state index in [1.165, 1.54) is 24.5 Å². The highest BCUT2D eigenvalue weighted by atomic mass is 19.1. The largest absolute Gasteiger partial charge is 0.350 e. The van der Waals surface area contributed by atoms with Gasteiger partial charge in [-0.2, -0.15) is 0 Å². The number of hydrogen-bond donors (Lipinski definition) is 2. The van der Waals surface area contributed by atoms with Gasteiger partial charge < -0.3 is 10.6 Å². The molecular weight excluding hydrogens is 318 g/mol. The highest BCUT2D eigenvalue weighted by molar-refractivity contribution is 5.95. The van der Waals surface area contributed by atoms with Crippen LogP contribution < -0.4 is 10.6 Å². The third kappa shape index (κ3) is 4.31. The zero-order valence-electron chi connectivity index (χ0n) is 12.9. The molecule has 0 fully saturated rings. The Kier molecular flexibility index (Phi) is 5.89. The molecule has 2 N–H and O–H groups in total. The summed E-state index contributed by atoms with van der Waals surface area (Å²) in [5.74, 6) is -2.68. The average Bonchev–Trinajstić information content (AvgIpc) is 2.58. The number of pyridine rings is 2. The molecule has 6 nitrogen and oxygen atoms in total. The fourth-order valence-electron chi connectivity index (χ4n) is 1.99. The summed E-state index contributed by atoms with van der Waals surface area (Å²) >= 11 is 0. The second-order valence-electron chi connectivity index (χ2n) is 5.00. The molecule has 126 valence electrons. The van der Waals surface area contributed by atoms with Crippen LogP contribution in [0.5, 0.6) is 0 Å². The SMILES string of the molecule is CCC(CNC(=O)c1ccncc1F)NC(=O)c1ccncc1F. The van der Waals surface area contributed by atoms with E-state index in [1.54, 1.807) is 6.92 Å². The van der Waals surface area contributed by atoms with E-state index in [0.29, 0.717) is 6.42 Å². The predicted molar refractivity (Wildman–Crippen MR) is 82.3 cm³/mol. The van der Waals surface area contributed by atoms with Crippen LogP contribution in [0.25, 0.3) is 0 Å². The van der Waals surface area contributed by atoms with E-state index in [4.69, 9.17) is 0 Å². The van der Waals surface area contributed by atoms with E-state index in [2.05, 4.69) is 20.6 Å². The van der Waals surface area contributed by atoms with Crippen LogP contribution in [0.4, 0.5) is 8.78 Å². The fourth-order valence-corrected chi connectivity index (χ4v) is 1.99. The molecule has 2 amide bonds. The lowest BCUT2D eigenvalue weighted by atomic mass is 10.1. The monoisotopic (exact) mass is 334 g/mol. The Morgan fingerprint density at radius 3 is 2.08 bits per heavy atom. The Bertz CT molecular complexity index is 740. The summed E-state index contributed by atoms with van der Waals surface area (Å²) in [5, 5.41) is 5.15. The maximum Gasteiger partial charge on any atom is 0.254 e. The molecule has 0 aliphatic carbocycles. The highest BCUT2D eigenvalue weighted by Crippen LogP contribution is 2.06. The summed E-state index contributed by atoms with van der Waals surface area (Å²) in [4.78, 5) is 31.1. The minimum atomic E-state index is -0.731. The van der Waals surface area contributed by atoms with Gasteiger partial charge in [0.2, 0.25) is 0 Å². The second-order valence-corrected chi connectivity index (χ2v) is 5.00. The number of rotatable bonds is 6. The third-order valence-corrected chi connectivity index (χ3v) is 3.37. The summed E-state index contributed by atoms with van der Waals surface area (Å²) in [6.07, 6.45) is 5.01. The lowest BCUT2D eigenvalue weighted by Gasteiger charge is -2.18. The van der Waals surface area contributed by atoms with E-state index < -0.39 is 29.5 Å². The maximum absolute atomic E-state index is 13.5. The number of carbonyl (C=O) groups excluding carboxylic acids is 2. The molecule has 1 unspecified atom stereocenters. The molecule has 8 heteroatoms. The third-order valence-electron chi connectivity index (χ3n) is 3.37. The van der Waals surface area contributed by atoms with Crippen LogP contribution in [0, 0.1) is 11.6 Å². The minimum Gasteiger partial charge on any atom is -0.350 e. The van der Waals surface area contributed by atoms with Gasteiger partial charge in [0.05, 0.1) is 23.5 Å². The Balaban J connectivity index is 1.95. The first-order valence-corrected chi connectivity index (χ1v) is 7.31. The van der Waals surface area contributed by atoms with Gasteiger partial charge in [-0.3, -0.25) is 19.6 Å². The van der Waals surface area contributed by atoms with E-state index in [0.717, 1.165) is 12.4 Å². The minimum absolute atomic E-state index is 0.0789. The smallest absolute Gasteiger partial charge is 0.254 e. The molecule has 1 atom stereocenters. The first-order valence-electron chi connectivity index (χ1n) is 7.31. The van der Waals surface area contributed by atoms with Crippen LogP contribution in [0.2, 0.25) is 0 Å². The van der Waals surface area contributed by atoms with Gasteiger partial charge in [-0.25, -0.2) is 8.78 Å². The van der Waals surface area contributed by atoms with Gasteiger partial charge in [-0.15, -0.1) is 0 Å². The molecular formula is C16H16F2N4O2. The van der Waals surface area contributed by atoms with Gasteiger partial charge in [0, 0.05) is 25.0 Å². The van der Waals surface area contributed by atoms with Crippen molar-refractivity contribution in [1.82, 2.24) is 20.6 Å². The van der Waals surface area contributed by atoms with E-state index in [1.807, 2.05) is 0 Å². The van der Waals surface area contributed by atoms with Crippen LogP contribution in [0.15, 0.2) is 36.9 Å². The van der Waals surface area contributed by atoms with Crippen LogP contribution in [-0.4, -0.2) is 34.4 Å². The summed E-state index contributed by atoms with van der Waals surface area (Å²) in [6.45, 7) is 1.88. The Hall–Kier alpha value is -2.90. The molecule has 0 radical (unpaired) electrons. The Morgan fingerprint density at radius 1 is 1.04 bits per heavy atom. The lowest BCUT2D eigenvalue weighted by Crippen LogP contribution is -2.43. The molecule has 24 heavy (non-hydrogen) atoms. The summed E-state index contributed by atoms with van der Waals surface area (Å²) < 4.78 is 27.0. The van der Waals surface area contributed by atoms with Crippen molar-refractivity contribution < 1.29 is 18.4 Å². The quantitative estimate of drug-likeness (QED) is 0.842. The summed E-state index contributed by atoms with van der Waals surface area (Å²) in [5.41, 5.74) is -0.263. The van der Waals surface area contributed by atoms with Gasteiger partial charge in [-0.05, 0) is 18.6 Å². The number of aromatic nitrogens is 2. The number of nitrogens with one attached hydrogen (secondary N) is 2. The van der Waals surface area contributed by atoms with Crippen molar-refractivity contribution in [2.75, 3.05) is 6.54 Å². The number of amides is 2. The van der Waals surface area contributed by atoms with E-state index >= 15 is 0 Å². The number of nitrogens with zero attached hydrogens (tertiary/aromatic N) is 2. The van der Waals surface area contributed by atoms with Gasteiger partial charge >= 0.3 is 0 Å². The zero-order chi connectivity index (χ0) is 17.5. The number of hydrogen-bond acceptors (Lipinski definition) is 4. The predicted octanol–water partition coefficient (Wildman–Crippen LogP) is 1.69. The maximum atomic E-state index is 13.5. The lowest BCUT2D eigenvalue weighted by molar-refractivity contribution is 0.0903. The van der Waals surface area contributed by atoms with Crippen LogP contribution in [0.3, 0.4) is 0 Å². The second kappa shape index (κ2) is 8.09. The summed E-state index contributed by atoms with van der Waals surface area (Å²) in [7, 11) is 0. The van der Waals surface area contributed by atoms with Crippen LogP contribution in [-0.2, 0) is 0 Å². The van der Waals surface area contributed by atoms with Crippen molar-refractivity contribution in [3.63, 3.8) is 0 Å². The van der Waals surface area contributed by atoms with Crippen LogP contribution in [0.1, 0.15) is 34.1 Å². The molecule has 2 heterocycles. The molecule has 0 aliphatic rings. The van der Waals surface area contributed by atoms with Crippen molar-refractivity contribution >= 4 is 11.8 Å². The molecule has 0 saturated carbocycles.